The van der Waals surface area contributed by atoms with E-state index in [1.165, 1.54) is 0 Å². The third-order valence-corrected chi connectivity index (χ3v) is 2.18. The lowest BCUT2D eigenvalue weighted by Crippen LogP contribution is -2.28. The van der Waals surface area contributed by atoms with Gasteiger partial charge >= 0.3 is 11.9 Å². The predicted octanol–water partition coefficient (Wildman–Crippen LogP) is 2.62. The molecule has 0 saturated carbocycles. The highest BCUT2D eigenvalue weighted by Crippen LogP contribution is 2.17. The summed E-state index contributed by atoms with van der Waals surface area (Å²) < 4.78 is 10.2. The van der Waals surface area contributed by atoms with Crippen molar-refractivity contribution in [2.24, 2.45) is 0 Å². The summed E-state index contributed by atoms with van der Waals surface area (Å²) >= 11 is 0. The van der Waals surface area contributed by atoms with Gasteiger partial charge in [0.1, 0.15) is 5.60 Å². The highest BCUT2D eigenvalue weighted by Gasteiger charge is 2.21. The van der Waals surface area contributed by atoms with E-state index < -0.39 is 5.60 Å². The lowest BCUT2D eigenvalue weighted by molar-refractivity contribution is -0.157. The molecule has 0 amide bonds. The fraction of sp³-hybridized carbons (Fsp3) is 0.692. The van der Waals surface area contributed by atoms with Crippen LogP contribution < -0.4 is 0 Å². The summed E-state index contributed by atoms with van der Waals surface area (Å²) in [4.78, 5) is 22.2. The van der Waals surface area contributed by atoms with Crippen molar-refractivity contribution in [1.29, 1.82) is 0 Å². The van der Waals surface area contributed by atoms with Gasteiger partial charge in [-0.15, -0.1) is 0 Å². The summed E-state index contributed by atoms with van der Waals surface area (Å²) in [6.45, 7) is 10.9. The molecule has 0 aliphatic carbocycles. The molecule has 0 aromatic heterocycles. The molecule has 0 bridgehead atoms. The van der Waals surface area contributed by atoms with Crippen LogP contribution in [0.3, 0.4) is 0 Å². The number of carbonyl (C=O) groups excluding carboxylic acids is 2. The SMILES string of the molecule is C=C(C)C(=O)OCCCC(C)(C)OC(=O)CC. The van der Waals surface area contributed by atoms with Crippen molar-refractivity contribution >= 4 is 11.9 Å². The average Bonchev–Trinajstić information content (AvgIpc) is 2.23. The molecule has 4 heteroatoms. The van der Waals surface area contributed by atoms with Crippen molar-refractivity contribution in [3.8, 4) is 0 Å². The van der Waals surface area contributed by atoms with Crippen molar-refractivity contribution < 1.29 is 19.1 Å². The van der Waals surface area contributed by atoms with Crippen LogP contribution in [0.1, 0.15) is 47.0 Å². The quantitative estimate of drug-likeness (QED) is 0.391. The van der Waals surface area contributed by atoms with Crippen LogP contribution in [0.5, 0.6) is 0 Å². The normalized spacial score (nSPS) is 10.8. The molecule has 0 rings (SSSR count). The fourth-order valence-electron chi connectivity index (χ4n) is 1.22. The van der Waals surface area contributed by atoms with E-state index in [-0.39, 0.29) is 11.9 Å². The van der Waals surface area contributed by atoms with Crippen LogP contribution in [-0.2, 0) is 19.1 Å². The van der Waals surface area contributed by atoms with Crippen molar-refractivity contribution in [3.63, 3.8) is 0 Å². The first kappa shape index (κ1) is 15.7. The number of rotatable bonds is 7. The Balaban J connectivity index is 3.83. The summed E-state index contributed by atoms with van der Waals surface area (Å²) in [5.74, 6) is -0.595. The van der Waals surface area contributed by atoms with Crippen LogP contribution in [0.4, 0.5) is 0 Å². The number of carbonyl (C=O) groups is 2. The molecule has 0 heterocycles. The summed E-state index contributed by atoms with van der Waals surface area (Å²) in [5, 5.41) is 0. The molecular weight excluding hydrogens is 220 g/mol. The van der Waals surface area contributed by atoms with Gasteiger partial charge in [0.2, 0.25) is 0 Å². The molecule has 98 valence electrons. The van der Waals surface area contributed by atoms with Gasteiger partial charge in [-0.1, -0.05) is 13.5 Å². The summed E-state index contributed by atoms with van der Waals surface area (Å²) in [6.07, 6.45) is 1.68. The third kappa shape index (κ3) is 7.55. The predicted molar refractivity (Wildman–Crippen MR) is 65.5 cm³/mol. The highest BCUT2D eigenvalue weighted by molar-refractivity contribution is 5.86. The van der Waals surface area contributed by atoms with E-state index in [0.717, 1.165) is 0 Å². The number of esters is 2. The minimum absolute atomic E-state index is 0.214. The van der Waals surface area contributed by atoms with Crippen LogP contribution in [0.15, 0.2) is 12.2 Å². The van der Waals surface area contributed by atoms with Crippen LogP contribution in [-0.4, -0.2) is 24.1 Å². The molecule has 0 aliphatic rings. The molecule has 0 atom stereocenters. The van der Waals surface area contributed by atoms with E-state index in [1.807, 2.05) is 13.8 Å². The zero-order chi connectivity index (χ0) is 13.5. The maximum Gasteiger partial charge on any atom is 0.333 e. The minimum Gasteiger partial charge on any atom is -0.462 e. The largest absolute Gasteiger partial charge is 0.462 e. The van der Waals surface area contributed by atoms with Crippen molar-refractivity contribution in [2.75, 3.05) is 6.61 Å². The summed E-state index contributed by atoms with van der Waals surface area (Å²) in [6, 6.07) is 0. The Morgan fingerprint density at radius 3 is 2.35 bits per heavy atom. The van der Waals surface area contributed by atoms with E-state index in [9.17, 15) is 9.59 Å². The monoisotopic (exact) mass is 242 g/mol. The first-order valence-corrected chi connectivity index (χ1v) is 5.83. The molecule has 0 unspecified atom stereocenters. The second kappa shape index (κ2) is 7.09. The standard InChI is InChI=1S/C13H22O4/c1-6-11(14)17-13(4,5)8-7-9-16-12(15)10(2)3/h2,6-9H2,1,3-5H3. The van der Waals surface area contributed by atoms with Crippen molar-refractivity contribution in [1.82, 2.24) is 0 Å². The Bertz CT molecular complexity index is 292. The van der Waals surface area contributed by atoms with Gasteiger partial charge in [-0.2, -0.15) is 0 Å². The fourth-order valence-corrected chi connectivity index (χ4v) is 1.22. The van der Waals surface area contributed by atoms with Crippen LogP contribution in [0.25, 0.3) is 0 Å². The molecule has 17 heavy (non-hydrogen) atoms. The minimum atomic E-state index is -0.511. The van der Waals surface area contributed by atoms with Crippen molar-refractivity contribution in [2.45, 2.75) is 52.6 Å². The molecule has 0 radical (unpaired) electrons. The van der Waals surface area contributed by atoms with Gasteiger partial charge in [0.05, 0.1) is 6.61 Å². The molecule has 0 saturated heterocycles. The molecule has 0 aromatic rings. The van der Waals surface area contributed by atoms with Gasteiger partial charge in [0, 0.05) is 12.0 Å². The highest BCUT2D eigenvalue weighted by atomic mass is 16.6. The third-order valence-electron chi connectivity index (χ3n) is 2.18. The van der Waals surface area contributed by atoms with Gasteiger partial charge < -0.3 is 9.47 Å². The first-order valence-electron chi connectivity index (χ1n) is 5.83. The van der Waals surface area contributed by atoms with E-state index in [4.69, 9.17) is 9.47 Å². The number of hydrogen-bond acceptors (Lipinski definition) is 4. The average molecular weight is 242 g/mol. The molecule has 4 nitrogen and oxygen atoms in total. The Hall–Kier alpha value is -1.32. The maximum atomic E-state index is 11.1. The van der Waals surface area contributed by atoms with E-state index >= 15 is 0 Å². The molecule has 0 aromatic carbocycles. The Labute approximate surface area is 103 Å². The lowest BCUT2D eigenvalue weighted by atomic mass is 10.0. The Morgan fingerprint density at radius 2 is 1.88 bits per heavy atom. The number of hydrogen-bond donors (Lipinski definition) is 0. The molecule has 0 aliphatic heterocycles. The van der Waals surface area contributed by atoms with Crippen molar-refractivity contribution in [3.05, 3.63) is 12.2 Å². The Kier molecular flexibility index (Phi) is 6.54. The maximum absolute atomic E-state index is 11.1. The zero-order valence-electron chi connectivity index (χ0n) is 11.2. The van der Waals surface area contributed by atoms with E-state index in [0.29, 0.717) is 31.4 Å². The molecule has 0 spiro atoms. The first-order chi connectivity index (χ1) is 7.78. The Morgan fingerprint density at radius 1 is 1.29 bits per heavy atom. The van der Waals surface area contributed by atoms with Gasteiger partial charge in [-0.3, -0.25) is 4.79 Å². The second-order valence-corrected chi connectivity index (χ2v) is 4.61. The van der Waals surface area contributed by atoms with Crippen LogP contribution >= 0.6 is 0 Å². The van der Waals surface area contributed by atoms with E-state index in [2.05, 4.69) is 6.58 Å². The van der Waals surface area contributed by atoms with Gasteiger partial charge in [0.15, 0.2) is 0 Å². The second-order valence-electron chi connectivity index (χ2n) is 4.61. The lowest BCUT2D eigenvalue weighted by Gasteiger charge is -2.24. The summed E-state index contributed by atoms with van der Waals surface area (Å²) in [5.41, 5.74) is -0.121. The smallest absolute Gasteiger partial charge is 0.333 e. The van der Waals surface area contributed by atoms with Crippen LogP contribution in [0.2, 0.25) is 0 Å². The summed E-state index contributed by atoms with van der Waals surface area (Å²) in [7, 11) is 0. The van der Waals surface area contributed by atoms with Gasteiger partial charge in [-0.05, 0) is 33.6 Å². The van der Waals surface area contributed by atoms with Crippen LogP contribution in [0, 0.1) is 0 Å². The zero-order valence-corrected chi connectivity index (χ0v) is 11.2. The van der Waals surface area contributed by atoms with E-state index in [1.54, 1.807) is 13.8 Å². The van der Waals surface area contributed by atoms with Gasteiger partial charge in [0.25, 0.3) is 0 Å². The van der Waals surface area contributed by atoms with Gasteiger partial charge in [-0.25, -0.2) is 4.79 Å². The number of ether oxygens (including phenoxy) is 2. The topological polar surface area (TPSA) is 52.6 Å². The molecular formula is C13H22O4. The molecule has 0 fully saturated rings. The molecule has 0 N–H and O–H groups in total.